The SMILES string of the molecule is CCCOc1ccc([C@H]2C(C(=O)c3cc4ccccc4o3)=C(O)C(=O)N2CCN(C)C)cc1. The standard InChI is InChI=1S/C26H28N2O5/c1-4-15-32-19-11-9-17(10-12-19)23-22(25(30)26(31)28(23)14-13-27(2)3)24(29)21-16-18-7-5-6-8-20(18)33-21/h5-12,16,23,30H,4,13-15H2,1-3H3/t23-/m0/s1. The van der Waals surface area contributed by atoms with E-state index in [9.17, 15) is 14.7 Å². The molecular formula is C26H28N2O5. The molecule has 4 rings (SSSR count). The first-order valence-electron chi connectivity index (χ1n) is 11.1. The van der Waals surface area contributed by atoms with Crippen molar-refractivity contribution >= 4 is 22.7 Å². The maximum atomic E-state index is 13.5. The zero-order chi connectivity index (χ0) is 23.5. The Morgan fingerprint density at radius 2 is 1.88 bits per heavy atom. The smallest absolute Gasteiger partial charge is 0.290 e. The molecule has 0 unspecified atom stereocenters. The number of hydrogen-bond donors (Lipinski definition) is 1. The molecule has 2 aromatic carbocycles. The van der Waals surface area contributed by atoms with E-state index >= 15 is 0 Å². The number of likely N-dealkylation sites (N-methyl/N-ethyl adjacent to an activating group) is 1. The highest BCUT2D eigenvalue weighted by atomic mass is 16.5. The lowest BCUT2D eigenvalue weighted by atomic mass is 9.95. The van der Waals surface area contributed by atoms with Crippen molar-refractivity contribution in [1.82, 2.24) is 9.80 Å². The fraction of sp³-hybridized carbons (Fsp3) is 0.308. The Labute approximate surface area is 192 Å². The summed E-state index contributed by atoms with van der Waals surface area (Å²) in [5.41, 5.74) is 1.32. The largest absolute Gasteiger partial charge is 0.503 e. The number of amides is 1. The highest BCUT2D eigenvalue weighted by Gasteiger charge is 2.44. The molecular weight excluding hydrogens is 420 g/mol. The second-order valence-corrected chi connectivity index (χ2v) is 8.36. The molecule has 7 heteroatoms. The van der Waals surface area contributed by atoms with E-state index in [0.29, 0.717) is 31.0 Å². The Bertz CT molecular complexity index is 1160. The average molecular weight is 449 g/mol. The first-order chi connectivity index (χ1) is 15.9. The number of ketones is 1. The number of ether oxygens (including phenoxy) is 1. The number of hydrogen-bond acceptors (Lipinski definition) is 6. The summed E-state index contributed by atoms with van der Waals surface area (Å²) < 4.78 is 11.4. The number of carbonyl (C=O) groups is 2. The molecule has 0 spiro atoms. The van der Waals surface area contributed by atoms with Gasteiger partial charge in [0.2, 0.25) is 5.78 Å². The van der Waals surface area contributed by atoms with Gasteiger partial charge in [-0.2, -0.15) is 0 Å². The van der Waals surface area contributed by atoms with Gasteiger partial charge in [-0.3, -0.25) is 9.59 Å². The maximum Gasteiger partial charge on any atom is 0.290 e. The molecule has 1 aliphatic heterocycles. The van der Waals surface area contributed by atoms with Gasteiger partial charge in [-0.1, -0.05) is 37.3 Å². The molecule has 1 amide bonds. The fourth-order valence-corrected chi connectivity index (χ4v) is 3.96. The number of aliphatic hydroxyl groups excluding tert-OH is 1. The number of nitrogens with zero attached hydrogens (tertiary/aromatic N) is 2. The Kier molecular flexibility index (Phi) is 6.51. The molecule has 3 aromatic rings. The molecule has 2 heterocycles. The number of furan rings is 1. The molecule has 7 nitrogen and oxygen atoms in total. The second kappa shape index (κ2) is 9.50. The van der Waals surface area contributed by atoms with Gasteiger partial charge in [0.25, 0.3) is 5.91 Å². The number of aliphatic hydroxyl groups is 1. The van der Waals surface area contributed by atoms with Crippen LogP contribution in [0.1, 0.15) is 35.5 Å². The summed E-state index contributed by atoms with van der Waals surface area (Å²) in [6.45, 7) is 3.57. The predicted octanol–water partition coefficient (Wildman–Crippen LogP) is 4.36. The van der Waals surface area contributed by atoms with Crippen molar-refractivity contribution in [2.75, 3.05) is 33.8 Å². The Morgan fingerprint density at radius 3 is 2.55 bits per heavy atom. The van der Waals surface area contributed by atoms with Gasteiger partial charge in [0.15, 0.2) is 11.5 Å². The number of rotatable bonds is 9. The van der Waals surface area contributed by atoms with Gasteiger partial charge in [0.05, 0.1) is 18.2 Å². The van der Waals surface area contributed by atoms with Crippen molar-refractivity contribution in [2.45, 2.75) is 19.4 Å². The van der Waals surface area contributed by atoms with E-state index in [0.717, 1.165) is 17.4 Å². The number of fused-ring (bicyclic) bond motifs is 1. The van der Waals surface area contributed by atoms with E-state index in [1.807, 2.05) is 68.4 Å². The average Bonchev–Trinajstić information content (AvgIpc) is 3.35. The fourth-order valence-electron chi connectivity index (χ4n) is 3.96. The van der Waals surface area contributed by atoms with Gasteiger partial charge < -0.3 is 24.1 Å². The van der Waals surface area contributed by atoms with Crippen LogP contribution in [-0.2, 0) is 4.79 Å². The summed E-state index contributed by atoms with van der Waals surface area (Å²) in [4.78, 5) is 30.0. The van der Waals surface area contributed by atoms with Crippen molar-refractivity contribution in [3.63, 3.8) is 0 Å². The van der Waals surface area contributed by atoms with Gasteiger partial charge in [-0.05, 0) is 50.3 Å². The van der Waals surface area contributed by atoms with Gasteiger partial charge in [-0.25, -0.2) is 0 Å². The van der Waals surface area contributed by atoms with Crippen LogP contribution in [0.25, 0.3) is 11.0 Å². The minimum Gasteiger partial charge on any atom is -0.503 e. The number of para-hydroxylation sites is 1. The van der Waals surface area contributed by atoms with E-state index in [1.54, 1.807) is 12.1 Å². The van der Waals surface area contributed by atoms with Crippen LogP contribution in [-0.4, -0.2) is 60.4 Å². The van der Waals surface area contributed by atoms with Crippen molar-refractivity contribution in [2.24, 2.45) is 0 Å². The number of Topliss-reactive ketones (excluding diaryl/α,β-unsaturated/α-hetero) is 1. The third-order valence-corrected chi connectivity index (χ3v) is 5.65. The normalized spacial score (nSPS) is 16.3. The lowest BCUT2D eigenvalue weighted by Gasteiger charge is -2.28. The molecule has 0 bridgehead atoms. The molecule has 1 atom stereocenters. The second-order valence-electron chi connectivity index (χ2n) is 8.36. The predicted molar refractivity (Wildman–Crippen MR) is 125 cm³/mol. The van der Waals surface area contributed by atoms with Crippen molar-refractivity contribution in [3.05, 3.63) is 77.3 Å². The zero-order valence-corrected chi connectivity index (χ0v) is 19.1. The molecule has 1 N–H and O–H groups in total. The first kappa shape index (κ1) is 22.6. The quantitative estimate of drug-likeness (QED) is 0.490. The van der Waals surface area contributed by atoms with Crippen LogP contribution in [0.4, 0.5) is 0 Å². The van der Waals surface area contributed by atoms with Crippen molar-refractivity contribution in [1.29, 1.82) is 0 Å². The zero-order valence-electron chi connectivity index (χ0n) is 19.1. The molecule has 0 aliphatic carbocycles. The molecule has 0 saturated carbocycles. The molecule has 0 saturated heterocycles. The van der Waals surface area contributed by atoms with Crippen molar-refractivity contribution in [3.8, 4) is 5.75 Å². The molecule has 0 fully saturated rings. The topological polar surface area (TPSA) is 83.2 Å². The van der Waals surface area contributed by atoms with E-state index < -0.39 is 23.5 Å². The molecule has 33 heavy (non-hydrogen) atoms. The van der Waals surface area contributed by atoms with E-state index in [2.05, 4.69) is 0 Å². The maximum absolute atomic E-state index is 13.5. The third kappa shape index (κ3) is 4.50. The van der Waals surface area contributed by atoms with Crippen LogP contribution in [0.2, 0.25) is 0 Å². The summed E-state index contributed by atoms with van der Waals surface area (Å²) in [6, 6.07) is 15.5. The van der Waals surface area contributed by atoms with Gasteiger partial charge in [-0.15, -0.1) is 0 Å². The summed E-state index contributed by atoms with van der Waals surface area (Å²) >= 11 is 0. The van der Waals surface area contributed by atoms with Crippen LogP contribution in [0.5, 0.6) is 5.75 Å². The summed E-state index contributed by atoms with van der Waals surface area (Å²) in [6.07, 6.45) is 0.893. The minimum atomic E-state index is -0.724. The van der Waals surface area contributed by atoms with Crippen LogP contribution in [0, 0.1) is 0 Å². The molecule has 1 aromatic heterocycles. The van der Waals surface area contributed by atoms with Crippen LogP contribution >= 0.6 is 0 Å². The van der Waals surface area contributed by atoms with Gasteiger partial charge in [0, 0.05) is 18.5 Å². The van der Waals surface area contributed by atoms with Crippen LogP contribution in [0.3, 0.4) is 0 Å². The third-order valence-electron chi connectivity index (χ3n) is 5.65. The molecule has 1 aliphatic rings. The van der Waals surface area contributed by atoms with E-state index in [1.165, 1.54) is 4.90 Å². The molecule has 172 valence electrons. The lowest BCUT2D eigenvalue weighted by Crippen LogP contribution is -2.36. The Morgan fingerprint density at radius 1 is 1.15 bits per heavy atom. The van der Waals surface area contributed by atoms with E-state index in [4.69, 9.17) is 9.15 Å². The summed E-state index contributed by atoms with van der Waals surface area (Å²) in [5.74, 6) is -0.792. The van der Waals surface area contributed by atoms with Gasteiger partial charge >= 0.3 is 0 Å². The van der Waals surface area contributed by atoms with Crippen molar-refractivity contribution < 1.29 is 23.8 Å². The minimum absolute atomic E-state index is 0.0278. The Hall–Kier alpha value is -3.58. The van der Waals surface area contributed by atoms with Crippen LogP contribution < -0.4 is 4.74 Å². The molecule has 0 radical (unpaired) electrons. The monoisotopic (exact) mass is 448 g/mol. The highest BCUT2D eigenvalue weighted by molar-refractivity contribution is 6.16. The summed E-state index contributed by atoms with van der Waals surface area (Å²) in [5, 5.41) is 11.6. The summed E-state index contributed by atoms with van der Waals surface area (Å²) in [7, 11) is 3.81. The number of carbonyl (C=O) groups excluding carboxylic acids is 2. The lowest BCUT2D eigenvalue weighted by molar-refractivity contribution is -0.129. The first-order valence-corrected chi connectivity index (χ1v) is 11.1. The Balaban J connectivity index is 1.73. The van der Waals surface area contributed by atoms with Crippen LogP contribution in [0.15, 0.2) is 70.3 Å². The number of benzene rings is 2. The highest BCUT2D eigenvalue weighted by Crippen LogP contribution is 2.40. The van der Waals surface area contributed by atoms with Gasteiger partial charge in [0.1, 0.15) is 11.3 Å². The van der Waals surface area contributed by atoms with E-state index in [-0.39, 0.29) is 11.3 Å².